The Morgan fingerprint density at radius 1 is 1.00 bits per heavy atom. The number of alkyl halides is 6. The molecule has 0 atom stereocenters. The van der Waals surface area contributed by atoms with Gasteiger partial charge in [0.05, 0.1) is 26.9 Å². The molecule has 1 amide bonds. The standard InChI is InChI=1S/C16H8Cl2F6N4OS/c17-9-4-11(18)13-26-27-14(28(13)5-9)30-6-12(29)25-10-2-7(15(19,20)21)1-8(3-10)16(22,23)24/h1-5H,6H2,(H,25,29). The van der Waals surface area contributed by atoms with Crippen molar-refractivity contribution in [1.29, 1.82) is 0 Å². The summed E-state index contributed by atoms with van der Waals surface area (Å²) in [5.41, 5.74) is -3.45. The minimum atomic E-state index is -5.02. The van der Waals surface area contributed by atoms with Crippen molar-refractivity contribution in [2.75, 3.05) is 11.1 Å². The van der Waals surface area contributed by atoms with E-state index in [9.17, 15) is 31.1 Å². The quantitative estimate of drug-likeness (QED) is 0.372. The summed E-state index contributed by atoms with van der Waals surface area (Å²) < 4.78 is 78.8. The Bertz CT molecular complexity index is 1080. The van der Waals surface area contributed by atoms with Gasteiger partial charge in [-0.3, -0.25) is 9.20 Å². The lowest BCUT2D eigenvalue weighted by molar-refractivity contribution is -0.143. The average Bonchev–Trinajstić information content (AvgIpc) is 3.01. The van der Waals surface area contributed by atoms with Crippen molar-refractivity contribution in [3.63, 3.8) is 0 Å². The molecule has 0 fully saturated rings. The molecule has 0 bridgehead atoms. The number of hydrogen-bond acceptors (Lipinski definition) is 4. The molecule has 1 N–H and O–H groups in total. The normalized spacial score (nSPS) is 12.4. The molecule has 0 aliphatic carbocycles. The molecule has 3 aromatic rings. The number of fused-ring (bicyclic) bond motifs is 1. The summed E-state index contributed by atoms with van der Waals surface area (Å²) in [6.45, 7) is 0. The molecule has 0 saturated heterocycles. The van der Waals surface area contributed by atoms with Gasteiger partial charge in [0.15, 0.2) is 10.8 Å². The van der Waals surface area contributed by atoms with Crippen molar-refractivity contribution in [1.82, 2.24) is 14.6 Å². The summed E-state index contributed by atoms with van der Waals surface area (Å²) in [7, 11) is 0. The number of nitrogens with zero attached hydrogens (tertiary/aromatic N) is 3. The maximum absolute atomic E-state index is 12.9. The Morgan fingerprint density at radius 2 is 1.60 bits per heavy atom. The minimum absolute atomic E-state index is 0.0276. The molecule has 0 radical (unpaired) electrons. The molecule has 30 heavy (non-hydrogen) atoms. The van der Waals surface area contributed by atoms with Gasteiger partial charge in [-0.2, -0.15) is 26.3 Å². The fourth-order valence-electron chi connectivity index (χ4n) is 2.36. The lowest BCUT2D eigenvalue weighted by Gasteiger charge is -2.14. The van der Waals surface area contributed by atoms with Crippen molar-refractivity contribution >= 4 is 52.2 Å². The number of anilines is 1. The lowest BCUT2D eigenvalue weighted by atomic mass is 10.1. The van der Waals surface area contributed by atoms with Gasteiger partial charge in [0.1, 0.15) is 0 Å². The van der Waals surface area contributed by atoms with Crippen LogP contribution in [0.25, 0.3) is 5.65 Å². The number of halogens is 8. The fourth-order valence-corrected chi connectivity index (χ4v) is 3.57. The second kappa shape index (κ2) is 8.16. The van der Waals surface area contributed by atoms with E-state index in [0.717, 1.165) is 11.8 Å². The molecular weight excluding hydrogens is 481 g/mol. The Labute approximate surface area is 178 Å². The molecular formula is C16H8Cl2F6N4OS. The predicted octanol–water partition coefficient (Wildman–Crippen LogP) is 5.80. The molecule has 0 aliphatic heterocycles. The summed E-state index contributed by atoms with van der Waals surface area (Å²) in [6, 6.07) is 2.24. The van der Waals surface area contributed by atoms with E-state index in [0.29, 0.717) is 12.1 Å². The third-order valence-corrected chi connectivity index (χ3v) is 5.03. The highest BCUT2D eigenvalue weighted by Crippen LogP contribution is 2.37. The molecule has 0 saturated carbocycles. The van der Waals surface area contributed by atoms with Crippen LogP contribution in [0.5, 0.6) is 0 Å². The zero-order valence-electron chi connectivity index (χ0n) is 14.3. The van der Waals surface area contributed by atoms with E-state index >= 15 is 0 Å². The lowest BCUT2D eigenvalue weighted by Crippen LogP contribution is -2.17. The number of rotatable bonds is 4. The first kappa shape index (κ1) is 22.5. The number of aromatic nitrogens is 3. The second-order valence-electron chi connectivity index (χ2n) is 5.81. The van der Waals surface area contributed by atoms with E-state index in [1.54, 1.807) is 0 Å². The highest BCUT2D eigenvalue weighted by Gasteiger charge is 2.37. The van der Waals surface area contributed by atoms with Gasteiger partial charge in [-0.25, -0.2) is 0 Å². The summed E-state index contributed by atoms with van der Waals surface area (Å²) in [5.74, 6) is -1.22. The van der Waals surface area contributed by atoms with Crippen molar-refractivity contribution in [3.05, 3.63) is 51.6 Å². The Balaban J connectivity index is 1.78. The van der Waals surface area contributed by atoms with Gasteiger partial charge in [0.25, 0.3) is 0 Å². The van der Waals surface area contributed by atoms with Crippen LogP contribution in [-0.2, 0) is 17.1 Å². The first-order valence-electron chi connectivity index (χ1n) is 7.76. The molecule has 160 valence electrons. The SMILES string of the molecule is O=C(CSc1nnc2c(Cl)cc(Cl)cn12)Nc1cc(C(F)(F)F)cc(C(F)(F)F)c1. The first-order valence-corrected chi connectivity index (χ1v) is 9.50. The van der Waals surface area contributed by atoms with Crippen molar-refractivity contribution in [2.45, 2.75) is 17.5 Å². The van der Waals surface area contributed by atoms with Crippen LogP contribution in [0, 0.1) is 0 Å². The molecule has 1 aromatic carbocycles. The van der Waals surface area contributed by atoms with Gasteiger partial charge < -0.3 is 5.32 Å². The van der Waals surface area contributed by atoms with Crippen molar-refractivity contribution < 1.29 is 31.1 Å². The second-order valence-corrected chi connectivity index (χ2v) is 7.60. The van der Waals surface area contributed by atoms with Crippen LogP contribution in [-0.4, -0.2) is 26.3 Å². The van der Waals surface area contributed by atoms with Crippen molar-refractivity contribution in [2.24, 2.45) is 0 Å². The van der Waals surface area contributed by atoms with Gasteiger partial charge in [-0.05, 0) is 24.3 Å². The zero-order valence-corrected chi connectivity index (χ0v) is 16.6. The molecule has 0 spiro atoms. The number of hydrogen-bond donors (Lipinski definition) is 1. The number of pyridine rings is 1. The average molecular weight is 489 g/mol. The minimum Gasteiger partial charge on any atom is -0.325 e. The monoisotopic (exact) mass is 488 g/mol. The van der Waals surface area contributed by atoms with Crippen LogP contribution >= 0.6 is 35.0 Å². The molecule has 3 rings (SSSR count). The zero-order chi connectivity index (χ0) is 22.3. The molecule has 5 nitrogen and oxygen atoms in total. The number of benzene rings is 1. The van der Waals surface area contributed by atoms with E-state index in [-0.39, 0.29) is 32.7 Å². The van der Waals surface area contributed by atoms with Crippen LogP contribution in [0.1, 0.15) is 11.1 Å². The van der Waals surface area contributed by atoms with Crippen molar-refractivity contribution in [3.8, 4) is 0 Å². The highest BCUT2D eigenvalue weighted by molar-refractivity contribution is 7.99. The van der Waals surface area contributed by atoms with E-state index < -0.39 is 35.1 Å². The smallest absolute Gasteiger partial charge is 0.325 e. The van der Waals surface area contributed by atoms with E-state index in [4.69, 9.17) is 23.2 Å². The van der Waals surface area contributed by atoms with Gasteiger partial charge >= 0.3 is 12.4 Å². The molecule has 0 aliphatic rings. The summed E-state index contributed by atoms with van der Waals surface area (Å²) >= 11 is 12.7. The number of nitrogens with one attached hydrogen (secondary N) is 1. The van der Waals surface area contributed by atoms with Crippen LogP contribution in [0.15, 0.2) is 35.6 Å². The Morgan fingerprint density at radius 3 is 2.17 bits per heavy atom. The third kappa shape index (κ3) is 5.10. The van der Waals surface area contributed by atoms with Crippen LogP contribution < -0.4 is 5.32 Å². The van der Waals surface area contributed by atoms with E-state index in [2.05, 4.69) is 10.2 Å². The van der Waals surface area contributed by atoms with Crippen LogP contribution in [0.4, 0.5) is 32.0 Å². The highest BCUT2D eigenvalue weighted by atomic mass is 35.5. The summed E-state index contributed by atoms with van der Waals surface area (Å²) in [4.78, 5) is 12.1. The topological polar surface area (TPSA) is 59.3 Å². The fraction of sp³-hybridized carbons (Fsp3) is 0.188. The number of thioether (sulfide) groups is 1. The predicted molar refractivity (Wildman–Crippen MR) is 98.8 cm³/mol. The summed E-state index contributed by atoms with van der Waals surface area (Å²) in [6.07, 6.45) is -8.60. The summed E-state index contributed by atoms with van der Waals surface area (Å²) in [5, 5.41) is 10.3. The van der Waals surface area contributed by atoms with Gasteiger partial charge in [0, 0.05) is 11.9 Å². The van der Waals surface area contributed by atoms with E-state index in [1.807, 2.05) is 5.32 Å². The largest absolute Gasteiger partial charge is 0.416 e. The number of carbonyl (C=O) groups excluding carboxylic acids is 1. The van der Waals surface area contributed by atoms with Gasteiger partial charge in [0.2, 0.25) is 5.91 Å². The molecule has 2 heterocycles. The van der Waals surface area contributed by atoms with E-state index in [1.165, 1.54) is 16.7 Å². The Hall–Kier alpha value is -2.18. The van der Waals surface area contributed by atoms with Crippen LogP contribution in [0.2, 0.25) is 10.0 Å². The third-order valence-electron chi connectivity index (χ3n) is 3.60. The van der Waals surface area contributed by atoms with Gasteiger partial charge in [-0.1, -0.05) is 35.0 Å². The van der Waals surface area contributed by atoms with Crippen LogP contribution in [0.3, 0.4) is 0 Å². The Kier molecular flexibility index (Phi) is 6.12. The number of amides is 1. The maximum Gasteiger partial charge on any atom is 0.416 e. The molecule has 14 heteroatoms. The maximum atomic E-state index is 12.9. The van der Waals surface area contributed by atoms with Gasteiger partial charge in [-0.15, -0.1) is 10.2 Å². The molecule has 2 aromatic heterocycles. The molecule has 0 unspecified atom stereocenters. The first-order chi connectivity index (χ1) is 13.8. The number of carbonyl (C=O) groups is 1.